The van der Waals surface area contributed by atoms with E-state index in [-0.39, 0.29) is 32.9 Å². The van der Waals surface area contributed by atoms with Crippen molar-refractivity contribution in [3.05, 3.63) is 26.4 Å². The zero-order valence-corrected chi connectivity index (χ0v) is 12.7. The summed E-state index contributed by atoms with van der Waals surface area (Å²) in [5.41, 5.74) is 5.51. The van der Waals surface area contributed by atoms with Crippen LogP contribution in [-0.2, 0) is 0 Å². The van der Waals surface area contributed by atoms with Gasteiger partial charge < -0.3 is 0 Å². The Kier molecular flexibility index (Phi) is 3.91. The van der Waals surface area contributed by atoms with Crippen molar-refractivity contribution in [1.29, 1.82) is 0 Å². The molecule has 1 heterocycles. The number of fused-ring (bicyclic) bond motifs is 1. The summed E-state index contributed by atoms with van der Waals surface area (Å²) in [6.45, 7) is 0. The molecule has 2 rings (SSSR count). The Morgan fingerprint density at radius 1 is 1.56 bits per heavy atom. The van der Waals surface area contributed by atoms with Gasteiger partial charge in [0.05, 0.1) is 0 Å². The fourth-order valence-corrected chi connectivity index (χ4v) is 4.37. The number of rotatable bonds is 3. The second kappa shape index (κ2) is 5.27. The molecule has 0 saturated carbocycles. The molecular weight excluding hydrogens is 370 g/mol. The molecule has 0 aliphatic rings. The van der Waals surface area contributed by atoms with E-state index >= 15 is 0 Å². The number of ether oxygens (including phenoxy) is 1. The van der Waals surface area contributed by atoms with Gasteiger partial charge in [-0.2, -0.15) is 0 Å². The van der Waals surface area contributed by atoms with Crippen molar-refractivity contribution in [1.82, 2.24) is 0 Å². The first-order valence-electron chi connectivity index (χ1n) is 4.89. The molecule has 4 nitrogen and oxygen atoms in total. The summed E-state index contributed by atoms with van der Waals surface area (Å²) in [5, 5.41) is 12.0. The number of benzene rings is 1. The van der Waals surface area contributed by atoms with E-state index in [1.165, 1.54) is 18.4 Å². The standard InChI is InChI=1S/C11H11FIN2O2S/c1-13-6-4-7-5(9(12)10(6)17-2)3-8(18-7)11(14)15-16/h3-4,16H,1-2H3,(H2,14,15)/q-1. The quantitative estimate of drug-likeness (QED) is 0.180. The molecule has 0 spiro atoms. The molecule has 7 heteroatoms. The van der Waals surface area contributed by atoms with Crippen LogP contribution < -0.4 is 31.7 Å². The number of methoxy groups -OCH3 is 1. The average molecular weight is 381 g/mol. The van der Waals surface area contributed by atoms with Gasteiger partial charge in [-0.1, -0.05) is 0 Å². The minimum absolute atomic E-state index is 0.0117. The van der Waals surface area contributed by atoms with E-state index in [1.54, 1.807) is 6.07 Å². The molecule has 0 amide bonds. The van der Waals surface area contributed by atoms with E-state index in [2.05, 4.69) is 5.16 Å². The zero-order chi connectivity index (χ0) is 13.3. The number of oxime groups is 1. The SMILES string of the molecule is COc1c([I-]C)cc2sc(/C(N)=N\O)cc2c1F. The van der Waals surface area contributed by atoms with Crippen molar-refractivity contribution < 1.29 is 35.5 Å². The fraction of sp³-hybridized carbons (Fsp3) is 0.182. The maximum absolute atomic E-state index is 14.3. The van der Waals surface area contributed by atoms with Crippen LogP contribution in [0, 0.1) is 9.39 Å². The van der Waals surface area contributed by atoms with Gasteiger partial charge in [0.1, 0.15) is 0 Å². The number of hydrogen-bond donors (Lipinski definition) is 2. The van der Waals surface area contributed by atoms with Crippen LogP contribution >= 0.6 is 11.3 Å². The van der Waals surface area contributed by atoms with E-state index in [9.17, 15) is 4.39 Å². The molecular formula is C11H11FIN2O2S-. The number of halogens is 2. The van der Waals surface area contributed by atoms with E-state index < -0.39 is 0 Å². The number of alkyl halides is 1. The number of nitrogens with zero attached hydrogens (tertiary/aromatic N) is 1. The number of nitrogens with two attached hydrogens (primary N) is 1. The molecule has 18 heavy (non-hydrogen) atoms. The fourth-order valence-electron chi connectivity index (χ4n) is 1.59. The molecule has 1 aromatic carbocycles. The molecule has 0 aliphatic heterocycles. The van der Waals surface area contributed by atoms with E-state index in [0.717, 1.165) is 8.27 Å². The summed E-state index contributed by atoms with van der Waals surface area (Å²) < 4.78 is 21.1. The number of hydrogen-bond acceptors (Lipinski definition) is 4. The van der Waals surface area contributed by atoms with Crippen molar-refractivity contribution >= 4 is 27.3 Å². The zero-order valence-electron chi connectivity index (χ0n) is 9.70. The van der Waals surface area contributed by atoms with Gasteiger partial charge in [0.15, 0.2) is 0 Å². The van der Waals surface area contributed by atoms with Crippen LogP contribution in [0.4, 0.5) is 4.39 Å². The average Bonchev–Trinajstić information content (AvgIpc) is 2.81. The van der Waals surface area contributed by atoms with Gasteiger partial charge in [-0.05, 0) is 0 Å². The molecule has 98 valence electrons. The Balaban J connectivity index is 2.73. The van der Waals surface area contributed by atoms with Crippen LogP contribution in [-0.4, -0.2) is 23.1 Å². The van der Waals surface area contributed by atoms with E-state index in [1.807, 2.05) is 11.0 Å². The molecule has 3 N–H and O–H groups in total. The van der Waals surface area contributed by atoms with Crippen LogP contribution in [0.25, 0.3) is 10.1 Å². The molecule has 0 saturated heterocycles. The first-order valence-corrected chi connectivity index (χ1v) is 8.95. The normalized spacial score (nSPS) is 12.3. The third-order valence-corrected chi connectivity index (χ3v) is 5.51. The minimum atomic E-state index is -0.375. The number of thiophene rings is 1. The Hall–Kier alpha value is -1.09. The third kappa shape index (κ3) is 2.12. The van der Waals surface area contributed by atoms with E-state index in [4.69, 9.17) is 15.7 Å². The topological polar surface area (TPSA) is 67.8 Å². The summed E-state index contributed by atoms with van der Waals surface area (Å²) >= 11 is 1.01. The third-order valence-electron chi connectivity index (χ3n) is 2.44. The van der Waals surface area contributed by atoms with Crippen molar-refractivity contribution in [2.24, 2.45) is 10.9 Å². The summed E-state index contributed by atoms with van der Waals surface area (Å²) in [4.78, 5) is 2.58. The monoisotopic (exact) mass is 381 g/mol. The summed E-state index contributed by atoms with van der Waals surface area (Å²) in [6, 6.07) is 3.49. The van der Waals surface area contributed by atoms with Gasteiger partial charge in [0.25, 0.3) is 0 Å². The van der Waals surface area contributed by atoms with Crippen molar-refractivity contribution in [3.8, 4) is 5.75 Å². The molecule has 0 atom stereocenters. The van der Waals surface area contributed by atoms with Gasteiger partial charge in [-0.15, -0.1) is 0 Å². The Labute approximate surface area is 117 Å². The van der Waals surface area contributed by atoms with Gasteiger partial charge >= 0.3 is 118 Å². The predicted octanol–water partition coefficient (Wildman–Crippen LogP) is -0.968. The van der Waals surface area contributed by atoms with Gasteiger partial charge in [-0.25, -0.2) is 0 Å². The number of amidine groups is 1. The summed E-state index contributed by atoms with van der Waals surface area (Å²) in [6.07, 6.45) is 0. The Bertz CT molecular complexity index is 627. The van der Waals surface area contributed by atoms with Gasteiger partial charge in [-0.3, -0.25) is 0 Å². The summed E-state index contributed by atoms with van der Waals surface area (Å²) in [7, 11) is 1.46. The van der Waals surface area contributed by atoms with Crippen molar-refractivity contribution in [2.45, 2.75) is 0 Å². The Morgan fingerprint density at radius 3 is 2.83 bits per heavy atom. The first-order chi connectivity index (χ1) is 8.62. The van der Waals surface area contributed by atoms with Gasteiger partial charge in [0.2, 0.25) is 0 Å². The van der Waals surface area contributed by atoms with E-state index in [0.29, 0.717) is 16.0 Å². The molecule has 0 radical (unpaired) electrons. The molecule has 0 fully saturated rings. The predicted molar refractivity (Wildman–Crippen MR) is 65.5 cm³/mol. The van der Waals surface area contributed by atoms with Crippen molar-refractivity contribution in [2.75, 3.05) is 12.0 Å². The van der Waals surface area contributed by atoms with Crippen LogP contribution in [0.1, 0.15) is 4.88 Å². The Morgan fingerprint density at radius 2 is 2.28 bits per heavy atom. The van der Waals surface area contributed by atoms with Crippen molar-refractivity contribution in [3.63, 3.8) is 0 Å². The van der Waals surface area contributed by atoms with Gasteiger partial charge in [0, 0.05) is 0 Å². The summed E-state index contributed by atoms with van der Waals surface area (Å²) in [5.74, 6) is -0.0799. The van der Waals surface area contributed by atoms with Crippen LogP contribution in [0.15, 0.2) is 17.3 Å². The molecule has 0 unspecified atom stereocenters. The molecule has 0 aliphatic carbocycles. The van der Waals surface area contributed by atoms with Crippen LogP contribution in [0.5, 0.6) is 5.75 Å². The first kappa shape index (κ1) is 13.3. The second-order valence-electron chi connectivity index (χ2n) is 3.40. The van der Waals surface area contributed by atoms with Crippen LogP contribution in [0.2, 0.25) is 0 Å². The maximum atomic E-state index is 14.3. The molecule has 2 aromatic rings. The molecule has 1 aromatic heterocycles. The second-order valence-corrected chi connectivity index (χ2v) is 6.73. The van der Waals surface area contributed by atoms with Crippen LogP contribution in [0.3, 0.4) is 0 Å². The molecule has 0 bridgehead atoms.